The second kappa shape index (κ2) is 7.67. The SMILES string of the molecule is COCC(CO)Nc1nc(NN)nc(OC(C)C)n1. The highest BCUT2D eigenvalue weighted by atomic mass is 16.5. The number of methoxy groups -OCH3 is 1. The summed E-state index contributed by atoms with van der Waals surface area (Å²) in [5, 5.41) is 12.1. The highest BCUT2D eigenvalue weighted by Crippen LogP contribution is 2.12. The predicted molar refractivity (Wildman–Crippen MR) is 69.8 cm³/mol. The van der Waals surface area contributed by atoms with Gasteiger partial charge in [0.2, 0.25) is 11.9 Å². The molecule has 0 saturated carbocycles. The van der Waals surface area contributed by atoms with Crippen molar-refractivity contribution in [3.05, 3.63) is 0 Å². The molecule has 1 rings (SSSR count). The lowest BCUT2D eigenvalue weighted by Gasteiger charge is -2.16. The van der Waals surface area contributed by atoms with E-state index in [-0.39, 0.29) is 36.7 Å². The predicted octanol–water partition coefficient (Wildman–Crippen LogP) is -0.636. The molecule has 19 heavy (non-hydrogen) atoms. The van der Waals surface area contributed by atoms with Gasteiger partial charge in [-0.15, -0.1) is 0 Å². The zero-order valence-electron chi connectivity index (χ0n) is 11.3. The summed E-state index contributed by atoms with van der Waals surface area (Å²) in [6.45, 7) is 3.90. The van der Waals surface area contributed by atoms with Crippen LogP contribution in [0.15, 0.2) is 0 Å². The van der Waals surface area contributed by atoms with Gasteiger partial charge in [-0.2, -0.15) is 15.0 Å². The van der Waals surface area contributed by atoms with Crippen molar-refractivity contribution in [3.63, 3.8) is 0 Å². The third-order valence-corrected chi connectivity index (χ3v) is 2.01. The molecule has 0 radical (unpaired) electrons. The lowest BCUT2D eigenvalue weighted by atomic mass is 10.3. The van der Waals surface area contributed by atoms with Crippen LogP contribution in [0.2, 0.25) is 0 Å². The average molecular weight is 272 g/mol. The summed E-state index contributed by atoms with van der Waals surface area (Å²) in [7, 11) is 1.54. The first kappa shape index (κ1) is 15.3. The maximum Gasteiger partial charge on any atom is 0.323 e. The minimum Gasteiger partial charge on any atom is -0.461 e. The number of ether oxygens (including phenoxy) is 2. The standard InChI is InChI=1S/C10H20N6O3/c1-6(2)19-10-14-8(13-9(15-10)16-11)12-7(4-17)5-18-3/h6-7,17H,4-5,11H2,1-3H3,(H2,12,13,14,15,16). The number of nitrogens with two attached hydrogens (primary N) is 1. The van der Waals surface area contributed by atoms with E-state index >= 15 is 0 Å². The molecule has 0 spiro atoms. The number of rotatable bonds is 8. The monoisotopic (exact) mass is 272 g/mol. The van der Waals surface area contributed by atoms with Gasteiger partial charge in [0.15, 0.2) is 0 Å². The zero-order chi connectivity index (χ0) is 14.3. The fourth-order valence-electron chi connectivity index (χ4n) is 1.27. The Morgan fingerprint density at radius 3 is 2.47 bits per heavy atom. The first-order chi connectivity index (χ1) is 9.08. The number of hydrazine groups is 1. The van der Waals surface area contributed by atoms with Gasteiger partial charge < -0.3 is 19.9 Å². The Morgan fingerprint density at radius 1 is 1.26 bits per heavy atom. The van der Waals surface area contributed by atoms with E-state index in [4.69, 9.17) is 15.3 Å². The van der Waals surface area contributed by atoms with E-state index in [1.807, 2.05) is 13.8 Å². The van der Waals surface area contributed by atoms with Gasteiger partial charge >= 0.3 is 6.01 Å². The Hall–Kier alpha value is -1.71. The van der Waals surface area contributed by atoms with Gasteiger partial charge in [0.1, 0.15) is 0 Å². The topological polar surface area (TPSA) is 127 Å². The summed E-state index contributed by atoms with van der Waals surface area (Å²) in [5.74, 6) is 5.69. The number of anilines is 2. The Balaban J connectivity index is 2.86. The minimum atomic E-state index is -0.329. The van der Waals surface area contributed by atoms with Crippen LogP contribution in [-0.2, 0) is 4.74 Å². The lowest BCUT2D eigenvalue weighted by Crippen LogP contribution is -2.30. The second-order valence-corrected chi connectivity index (χ2v) is 4.06. The third kappa shape index (κ3) is 5.20. The molecule has 0 aliphatic rings. The number of hydrogen-bond acceptors (Lipinski definition) is 9. The molecule has 1 aromatic heterocycles. The molecular weight excluding hydrogens is 252 g/mol. The van der Waals surface area contributed by atoms with E-state index < -0.39 is 0 Å². The lowest BCUT2D eigenvalue weighted by molar-refractivity contribution is 0.152. The second-order valence-electron chi connectivity index (χ2n) is 4.06. The first-order valence-electron chi connectivity index (χ1n) is 5.84. The molecule has 0 aliphatic carbocycles. The van der Waals surface area contributed by atoms with Crippen LogP contribution in [0.5, 0.6) is 6.01 Å². The summed E-state index contributed by atoms with van der Waals surface area (Å²) in [4.78, 5) is 12.0. The van der Waals surface area contributed by atoms with Gasteiger partial charge in [-0.1, -0.05) is 0 Å². The molecule has 1 unspecified atom stereocenters. The Bertz CT molecular complexity index is 390. The number of aliphatic hydroxyl groups is 1. The van der Waals surface area contributed by atoms with E-state index in [0.717, 1.165) is 0 Å². The molecule has 0 saturated heterocycles. The van der Waals surface area contributed by atoms with Crippen molar-refractivity contribution in [2.45, 2.75) is 26.0 Å². The van der Waals surface area contributed by atoms with E-state index in [0.29, 0.717) is 6.61 Å². The normalized spacial score (nSPS) is 12.3. The molecule has 1 atom stereocenters. The van der Waals surface area contributed by atoms with Crippen molar-refractivity contribution in [1.82, 2.24) is 15.0 Å². The molecule has 0 amide bonds. The average Bonchev–Trinajstić information content (AvgIpc) is 2.37. The molecule has 0 bridgehead atoms. The summed E-state index contributed by atoms with van der Waals surface area (Å²) in [5.41, 5.74) is 2.33. The van der Waals surface area contributed by atoms with Gasteiger partial charge in [-0.3, -0.25) is 5.43 Å². The molecule has 0 aliphatic heterocycles. The molecule has 0 fully saturated rings. The fraction of sp³-hybridized carbons (Fsp3) is 0.700. The number of nitrogen functional groups attached to an aromatic ring is 1. The van der Waals surface area contributed by atoms with E-state index in [1.165, 1.54) is 7.11 Å². The van der Waals surface area contributed by atoms with Crippen LogP contribution in [-0.4, -0.2) is 52.5 Å². The fourth-order valence-corrected chi connectivity index (χ4v) is 1.27. The number of hydrogen-bond donors (Lipinski definition) is 4. The highest BCUT2D eigenvalue weighted by molar-refractivity contribution is 5.35. The summed E-state index contributed by atoms with van der Waals surface area (Å²) in [6.07, 6.45) is -0.0755. The number of aromatic nitrogens is 3. The maximum absolute atomic E-state index is 9.17. The molecule has 1 heterocycles. The molecule has 9 heteroatoms. The molecule has 0 aromatic carbocycles. The van der Waals surface area contributed by atoms with Crippen LogP contribution in [0.25, 0.3) is 0 Å². The smallest absolute Gasteiger partial charge is 0.323 e. The largest absolute Gasteiger partial charge is 0.461 e. The molecular formula is C10H20N6O3. The summed E-state index contributed by atoms with van der Waals surface area (Å²) in [6, 6.07) is -0.181. The van der Waals surface area contributed by atoms with Crippen molar-refractivity contribution < 1.29 is 14.6 Å². The van der Waals surface area contributed by atoms with E-state index in [1.54, 1.807) is 0 Å². The van der Waals surface area contributed by atoms with Crippen LogP contribution >= 0.6 is 0 Å². The van der Waals surface area contributed by atoms with Crippen LogP contribution < -0.4 is 21.3 Å². The maximum atomic E-state index is 9.17. The number of nitrogens with zero attached hydrogens (tertiary/aromatic N) is 3. The number of aliphatic hydroxyl groups excluding tert-OH is 1. The van der Waals surface area contributed by atoms with Gasteiger partial charge in [0.25, 0.3) is 0 Å². The van der Waals surface area contributed by atoms with Gasteiger partial charge in [0, 0.05) is 7.11 Å². The summed E-state index contributed by atoms with van der Waals surface area (Å²) < 4.78 is 10.3. The Morgan fingerprint density at radius 2 is 1.95 bits per heavy atom. The van der Waals surface area contributed by atoms with Crippen LogP contribution in [0.3, 0.4) is 0 Å². The van der Waals surface area contributed by atoms with Crippen LogP contribution in [0.4, 0.5) is 11.9 Å². The molecule has 9 nitrogen and oxygen atoms in total. The first-order valence-corrected chi connectivity index (χ1v) is 5.84. The van der Waals surface area contributed by atoms with E-state index in [9.17, 15) is 5.11 Å². The Kier molecular flexibility index (Phi) is 6.19. The van der Waals surface area contributed by atoms with Crippen molar-refractivity contribution in [3.8, 4) is 6.01 Å². The molecule has 108 valence electrons. The number of nitrogens with one attached hydrogen (secondary N) is 2. The quantitative estimate of drug-likeness (QED) is 0.361. The van der Waals surface area contributed by atoms with Crippen molar-refractivity contribution in [2.24, 2.45) is 5.84 Å². The zero-order valence-corrected chi connectivity index (χ0v) is 11.3. The van der Waals surface area contributed by atoms with Crippen molar-refractivity contribution >= 4 is 11.9 Å². The Labute approximate surface area is 111 Å². The van der Waals surface area contributed by atoms with Crippen molar-refractivity contribution in [1.29, 1.82) is 0 Å². The minimum absolute atomic E-state index is 0.0755. The van der Waals surface area contributed by atoms with Gasteiger partial charge in [0.05, 0.1) is 25.4 Å². The van der Waals surface area contributed by atoms with Gasteiger partial charge in [-0.05, 0) is 13.8 Å². The van der Waals surface area contributed by atoms with Crippen LogP contribution in [0, 0.1) is 0 Å². The van der Waals surface area contributed by atoms with Crippen molar-refractivity contribution in [2.75, 3.05) is 31.1 Å². The van der Waals surface area contributed by atoms with E-state index in [2.05, 4.69) is 25.7 Å². The molecule has 5 N–H and O–H groups in total. The highest BCUT2D eigenvalue weighted by Gasteiger charge is 2.12. The summed E-state index contributed by atoms with van der Waals surface area (Å²) >= 11 is 0. The van der Waals surface area contributed by atoms with Gasteiger partial charge in [-0.25, -0.2) is 5.84 Å². The third-order valence-electron chi connectivity index (χ3n) is 2.01. The van der Waals surface area contributed by atoms with Crippen LogP contribution in [0.1, 0.15) is 13.8 Å². The molecule has 1 aromatic rings.